The van der Waals surface area contributed by atoms with E-state index in [0.29, 0.717) is 48.7 Å². The molecule has 1 heterocycles. The van der Waals surface area contributed by atoms with Crippen LogP contribution in [0, 0.1) is 22.5 Å². The van der Waals surface area contributed by atoms with Crippen LogP contribution in [0.5, 0.6) is 0 Å². The van der Waals surface area contributed by atoms with Gasteiger partial charge in [0.2, 0.25) is 0 Å². The van der Waals surface area contributed by atoms with E-state index in [1.807, 2.05) is 30.6 Å². The molecule has 1 unspecified atom stereocenters. The maximum Gasteiger partial charge on any atom is 0.321 e. The number of piperazine rings is 1. The molecule has 39 heavy (non-hydrogen) atoms. The Balaban J connectivity index is 1.55. The maximum absolute atomic E-state index is 13.3. The van der Waals surface area contributed by atoms with Crippen molar-refractivity contribution in [2.24, 2.45) is 5.41 Å². The lowest BCUT2D eigenvalue weighted by atomic mass is 9.85. The normalized spacial score (nSPS) is 16.9. The minimum Gasteiger partial charge on any atom is -0.480 e. The van der Waals surface area contributed by atoms with Crippen molar-refractivity contribution in [3.8, 4) is 0 Å². The second-order valence-corrected chi connectivity index (χ2v) is 11.3. The number of carbonyl (C=O) groups is 3. The Kier molecular flexibility index (Phi) is 7.91. The van der Waals surface area contributed by atoms with Crippen molar-refractivity contribution in [2.45, 2.75) is 52.6 Å². The van der Waals surface area contributed by atoms with E-state index >= 15 is 0 Å². The molecule has 11 heteroatoms. The van der Waals surface area contributed by atoms with Crippen LogP contribution in [-0.4, -0.2) is 71.0 Å². The molecule has 1 aliphatic carbocycles. The number of amides is 2. The number of hydrogen-bond donors (Lipinski definition) is 3. The summed E-state index contributed by atoms with van der Waals surface area (Å²) < 4.78 is 0. The average molecular weight is 538 g/mol. The van der Waals surface area contributed by atoms with Crippen molar-refractivity contribution < 1.29 is 24.4 Å². The first kappa shape index (κ1) is 28.0. The Bertz CT molecular complexity index is 1290. The smallest absolute Gasteiger partial charge is 0.321 e. The van der Waals surface area contributed by atoms with E-state index in [-0.39, 0.29) is 23.2 Å². The predicted molar refractivity (Wildman–Crippen MR) is 147 cm³/mol. The number of hydrogen-bond acceptors (Lipinski definition) is 7. The number of aliphatic carboxylic acids is 1. The number of carboxylic acids is 1. The first-order valence-electron chi connectivity index (χ1n) is 13.1. The van der Waals surface area contributed by atoms with Gasteiger partial charge in [-0.25, -0.2) is 0 Å². The molecule has 0 bridgehead atoms. The fourth-order valence-corrected chi connectivity index (χ4v) is 5.04. The Morgan fingerprint density at radius 3 is 2.28 bits per heavy atom. The van der Waals surface area contributed by atoms with Gasteiger partial charge >= 0.3 is 11.7 Å². The van der Waals surface area contributed by atoms with Crippen LogP contribution in [0.15, 0.2) is 36.4 Å². The number of nitrogens with zero attached hydrogens (tertiary/aromatic N) is 3. The van der Waals surface area contributed by atoms with Gasteiger partial charge in [-0.05, 0) is 55.0 Å². The Morgan fingerprint density at radius 1 is 1.05 bits per heavy atom. The Labute approximate surface area is 227 Å². The summed E-state index contributed by atoms with van der Waals surface area (Å²) >= 11 is 0. The van der Waals surface area contributed by atoms with Gasteiger partial charge in [-0.15, -0.1) is 0 Å². The highest BCUT2D eigenvalue weighted by molar-refractivity contribution is 6.09. The number of nitro benzene ring substituents is 1. The highest BCUT2D eigenvalue weighted by Gasteiger charge is 2.39. The number of carbonyl (C=O) groups excluding carboxylic acids is 2. The SMILES string of the molecule is Cc1ccc(C(=O)NC2CC2)cc1NC(=O)c1cccc(N2CCN(C(C(=O)O)C(C)(C)C)CC2)c1[N+](=O)[O-]. The van der Waals surface area contributed by atoms with E-state index in [2.05, 4.69) is 10.6 Å². The number of nitrogens with one attached hydrogen (secondary N) is 2. The van der Waals surface area contributed by atoms with Gasteiger partial charge in [0.25, 0.3) is 11.8 Å². The third kappa shape index (κ3) is 6.36. The van der Waals surface area contributed by atoms with E-state index in [4.69, 9.17) is 0 Å². The number of benzene rings is 2. The zero-order chi connectivity index (χ0) is 28.5. The second kappa shape index (κ2) is 11.0. The van der Waals surface area contributed by atoms with Crippen LogP contribution in [0.1, 0.15) is 59.9 Å². The topological polar surface area (TPSA) is 145 Å². The molecule has 3 N–H and O–H groups in total. The third-order valence-corrected chi connectivity index (χ3v) is 7.18. The van der Waals surface area contributed by atoms with Gasteiger partial charge in [0.15, 0.2) is 0 Å². The van der Waals surface area contributed by atoms with Crippen LogP contribution < -0.4 is 15.5 Å². The molecular weight excluding hydrogens is 502 g/mol. The molecule has 2 aromatic rings. The van der Waals surface area contributed by atoms with Crippen LogP contribution in [0.3, 0.4) is 0 Å². The molecule has 11 nitrogen and oxygen atoms in total. The Hall–Kier alpha value is -3.99. The summed E-state index contributed by atoms with van der Waals surface area (Å²) in [4.78, 5) is 53.1. The van der Waals surface area contributed by atoms with Crippen LogP contribution in [0.25, 0.3) is 0 Å². The first-order valence-corrected chi connectivity index (χ1v) is 13.1. The van der Waals surface area contributed by atoms with Gasteiger partial charge in [0, 0.05) is 43.5 Å². The van der Waals surface area contributed by atoms with E-state index < -0.39 is 28.3 Å². The van der Waals surface area contributed by atoms with E-state index in [1.165, 1.54) is 6.07 Å². The fraction of sp³-hybridized carbons (Fsp3) is 0.464. The van der Waals surface area contributed by atoms with E-state index in [1.54, 1.807) is 37.3 Å². The molecule has 4 rings (SSSR count). The van der Waals surface area contributed by atoms with Crippen molar-refractivity contribution >= 4 is 34.8 Å². The molecule has 0 aromatic heterocycles. The molecule has 1 atom stereocenters. The third-order valence-electron chi connectivity index (χ3n) is 7.18. The van der Waals surface area contributed by atoms with Gasteiger partial charge < -0.3 is 20.6 Å². The predicted octanol–water partition coefficient (Wildman–Crippen LogP) is 3.67. The van der Waals surface area contributed by atoms with Crippen LogP contribution >= 0.6 is 0 Å². The molecule has 1 saturated heterocycles. The summed E-state index contributed by atoms with van der Waals surface area (Å²) in [5.41, 5.74) is 0.945. The number of rotatable bonds is 8. The summed E-state index contributed by atoms with van der Waals surface area (Å²) in [6.45, 7) is 9.00. The van der Waals surface area contributed by atoms with Gasteiger partial charge in [-0.2, -0.15) is 0 Å². The summed E-state index contributed by atoms with van der Waals surface area (Å²) in [5, 5.41) is 27.7. The molecule has 2 aliphatic rings. The molecular formula is C28H35N5O6. The second-order valence-electron chi connectivity index (χ2n) is 11.3. The van der Waals surface area contributed by atoms with Crippen molar-refractivity contribution in [1.29, 1.82) is 0 Å². The minimum absolute atomic E-state index is 0.0923. The first-order chi connectivity index (χ1) is 18.4. The molecule has 1 aliphatic heterocycles. The summed E-state index contributed by atoms with van der Waals surface area (Å²) in [6.07, 6.45) is 1.90. The number of nitro groups is 1. The minimum atomic E-state index is -0.898. The van der Waals surface area contributed by atoms with E-state index in [0.717, 1.165) is 12.8 Å². The number of carboxylic acid groups (broad SMARTS) is 1. The van der Waals surface area contributed by atoms with Crippen molar-refractivity contribution in [2.75, 3.05) is 36.4 Å². The average Bonchev–Trinajstić information content (AvgIpc) is 3.68. The van der Waals surface area contributed by atoms with Crippen LogP contribution in [-0.2, 0) is 4.79 Å². The van der Waals surface area contributed by atoms with Gasteiger partial charge in [0.1, 0.15) is 17.3 Å². The lowest BCUT2D eigenvalue weighted by Crippen LogP contribution is -2.57. The summed E-state index contributed by atoms with van der Waals surface area (Å²) in [5.74, 6) is -1.77. The molecule has 2 amide bonds. The van der Waals surface area contributed by atoms with Crippen molar-refractivity contribution in [1.82, 2.24) is 10.2 Å². The molecule has 0 spiro atoms. The highest BCUT2D eigenvalue weighted by Crippen LogP contribution is 2.34. The van der Waals surface area contributed by atoms with Crippen molar-refractivity contribution in [3.63, 3.8) is 0 Å². The van der Waals surface area contributed by atoms with E-state index in [9.17, 15) is 29.6 Å². The molecule has 2 fully saturated rings. The largest absolute Gasteiger partial charge is 0.480 e. The van der Waals surface area contributed by atoms with Gasteiger partial charge in [-0.3, -0.25) is 29.4 Å². The van der Waals surface area contributed by atoms with Gasteiger partial charge in [0.05, 0.1) is 4.92 Å². The molecule has 1 saturated carbocycles. The van der Waals surface area contributed by atoms with Crippen molar-refractivity contribution in [3.05, 3.63) is 63.2 Å². The molecule has 208 valence electrons. The number of aryl methyl sites for hydroxylation is 1. The van der Waals surface area contributed by atoms with Crippen LogP contribution in [0.4, 0.5) is 17.1 Å². The number of para-hydroxylation sites is 1. The maximum atomic E-state index is 13.3. The molecule has 2 aromatic carbocycles. The number of anilines is 2. The quantitative estimate of drug-likeness (QED) is 0.342. The van der Waals surface area contributed by atoms with Crippen LogP contribution in [0.2, 0.25) is 0 Å². The summed E-state index contributed by atoms with van der Waals surface area (Å²) in [6, 6.07) is 9.11. The lowest BCUT2D eigenvalue weighted by Gasteiger charge is -2.42. The zero-order valence-corrected chi connectivity index (χ0v) is 22.7. The fourth-order valence-electron chi connectivity index (χ4n) is 5.04. The molecule has 0 radical (unpaired) electrons. The summed E-state index contributed by atoms with van der Waals surface area (Å²) in [7, 11) is 0. The standard InChI is InChI=1S/C28H35N5O6/c1-17-8-9-18(25(34)29-19-10-11-19)16-21(17)30-26(35)20-6-5-7-22(23(20)33(38)39)31-12-14-32(15-13-31)24(27(36)37)28(2,3)4/h5-9,16,19,24H,10-15H2,1-4H3,(H,29,34)(H,30,35)(H,36,37). The lowest BCUT2D eigenvalue weighted by molar-refractivity contribution is -0.384. The highest BCUT2D eigenvalue weighted by atomic mass is 16.6. The zero-order valence-electron chi connectivity index (χ0n) is 22.7. The van der Waals surface area contributed by atoms with Gasteiger partial charge in [-0.1, -0.05) is 32.9 Å². The Morgan fingerprint density at radius 2 is 1.72 bits per heavy atom. The monoisotopic (exact) mass is 537 g/mol.